The SMILES string of the molecule is C/C(=N/NC(=O)CN(c1ccccc1)S(=O)(=O)c1ccccc1[N+](=O)[O-])c1ccc(F)cc1. The molecule has 11 heteroatoms. The zero-order valence-electron chi connectivity index (χ0n) is 17.4. The zero-order chi connectivity index (χ0) is 24.0. The number of hydrogen-bond donors (Lipinski definition) is 1. The second-order valence-corrected chi connectivity index (χ2v) is 8.64. The van der Waals surface area contributed by atoms with E-state index in [1.165, 1.54) is 48.5 Å². The number of nitrogens with one attached hydrogen (secondary N) is 1. The number of anilines is 1. The van der Waals surface area contributed by atoms with Crippen molar-refractivity contribution in [3.8, 4) is 0 Å². The van der Waals surface area contributed by atoms with Crippen molar-refractivity contribution in [2.45, 2.75) is 11.8 Å². The number of hydrogen-bond acceptors (Lipinski definition) is 6. The minimum Gasteiger partial charge on any atom is -0.271 e. The van der Waals surface area contributed by atoms with E-state index < -0.39 is 43.8 Å². The molecule has 33 heavy (non-hydrogen) atoms. The average molecular weight is 470 g/mol. The lowest BCUT2D eigenvalue weighted by molar-refractivity contribution is -0.387. The molecule has 9 nitrogen and oxygen atoms in total. The van der Waals surface area contributed by atoms with Crippen LogP contribution in [0.15, 0.2) is 88.9 Å². The average Bonchev–Trinajstić information content (AvgIpc) is 2.81. The van der Waals surface area contributed by atoms with Crippen LogP contribution in [0.2, 0.25) is 0 Å². The molecule has 0 bridgehead atoms. The van der Waals surface area contributed by atoms with E-state index in [-0.39, 0.29) is 5.69 Å². The largest absolute Gasteiger partial charge is 0.289 e. The Morgan fingerprint density at radius 2 is 1.64 bits per heavy atom. The van der Waals surface area contributed by atoms with Crippen molar-refractivity contribution >= 4 is 33.0 Å². The number of para-hydroxylation sites is 2. The highest BCUT2D eigenvalue weighted by Crippen LogP contribution is 2.29. The number of benzene rings is 3. The molecule has 3 rings (SSSR count). The molecule has 0 unspecified atom stereocenters. The van der Waals surface area contributed by atoms with Crippen LogP contribution in [-0.4, -0.2) is 31.5 Å². The summed E-state index contributed by atoms with van der Waals surface area (Å²) in [5.41, 5.74) is 2.74. The minimum atomic E-state index is -4.48. The number of carbonyl (C=O) groups excluding carboxylic acids is 1. The van der Waals surface area contributed by atoms with Crippen molar-refractivity contribution in [3.05, 3.63) is 100 Å². The molecule has 0 aliphatic heterocycles. The smallest absolute Gasteiger partial charge is 0.271 e. The van der Waals surface area contributed by atoms with E-state index in [1.54, 1.807) is 25.1 Å². The van der Waals surface area contributed by atoms with Gasteiger partial charge in [0, 0.05) is 6.07 Å². The van der Waals surface area contributed by atoms with Gasteiger partial charge in [-0.15, -0.1) is 0 Å². The summed E-state index contributed by atoms with van der Waals surface area (Å²) < 4.78 is 40.6. The predicted molar refractivity (Wildman–Crippen MR) is 121 cm³/mol. The maximum Gasteiger partial charge on any atom is 0.289 e. The highest BCUT2D eigenvalue weighted by atomic mass is 32.2. The number of nitro benzene ring substituents is 1. The summed E-state index contributed by atoms with van der Waals surface area (Å²) in [5, 5.41) is 15.3. The number of sulfonamides is 1. The summed E-state index contributed by atoms with van der Waals surface area (Å²) in [5.74, 6) is -1.20. The normalized spacial score (nSPS) is 11.6. The molecule has 0 saturated carbocycles. The van der Waals surface area contributed by atoms with Gasteiger partial charge in [0.05, 0.1) is 16.3 Å². The van der Waals surface area contributed by atoms with Crippen LogP contribution in [-0.2, 0) is 14.8 Å². The maximum absolute atomic E-state index is 13.4. The standard InChI is InChI=1S/C22H19FN4O5S/c1-16(17-11-13-18(23)14-12-17)24-25-22(28)15-26(19-7-3-2-4-8-19)33(31,32)21-10-6-5-9-20(21)27(29)30/h2-14H,15H2,1H3,(H,25,28)/b24-16-. The van der Waals surface area contributed by atoms with Gasteiger partial charge in [0.15, 0.2) is 4.90 Å². The van der Waals surface area contributed by atoms with E-state index in [1.807, 2.05) is 0 Å². The Bertz CT molecular complexity index is 1300. The van der Waals surface area contributed by atoms with Crippen LogP contribution in [0.3, 0.4) is 0 Å². The lowest BCUT2D eigenvalue weighted by Crippen LogP contribution is -2.40. The first-order valence-corrected chi connectivity index (χ1v) is 11.0. The quantitative estimate of drug-likeness (QED) is 0.307. The topological polar surface area (TPSA) is 122 Å². The number of nitro groups is 1. The van der Waals surface area contributed by atoms with Gasteiger partial charge >= 0.3 is 0 Å². The first kappa shape index (κ1) is 23.5. The van der Waals surface area contributed by atoms with E-state index in [2.05, 4.69) is 10.5 Å². The van der Waals surface area contributed by atoms with E-state index in [9.17, 15) is 27.7 Å². The Hall–Kier alpha value is -4.12. The van der Waals surface area contributed by atoms with Crippen molar-refractivity contribution in [3.63, 3.8) is 0 Å². The maximum atomic E-state index is 13.4. The zero-order valence-corrected chi connectivity index (χ0v) is 18.2. The number of halogens is 1. The van der Waals surface area contributed by atoms with Crippen molar-refractivity contribution in [1.29, 1.82) is 0 Å². The summed E-state index contributed by atoms with van der Waals surface area (Å²) in [6, 6.07) is 18.1. The molecule has 3 aromatic carbocycles. The lowest BCUT2D eigenvalue weighted by atomic mass is 10.1. The summed E-state index contributed by atoms with van der Waals surface area (Å²) >= 11 is 0. The van der Waals surface area contributed by atoms with Gasteiger partial charge in [-0.2, -0.15) is 5.10 Å². The van der Waals surface area contributed by atoms with Crippen molar-refractivity contribution < 1.29 is 22.5 Å². The number of hydrazone groups is 1. The van der Waals surface area contributed by atoms with Crippen LogP contribution < -0.4 is 9.73 Å². The molecule has 170 valence electrons. The van der Waals surface area contributed by atoms with Crippen LogP contribution in [0.4, 0.5) is 15.8 Å². The molecule has 3 aromatic rings. The number of nitrogens with zero attached hydrogens (tertiary/aromatic N) is 3. The van der Waals surface area contributed by atoms with Gasteiger partial charge in [0.25, 0.3) is 21.6 Å². The van der Waals surface area contributed by atoms with Gasteiger partial charge in [-0.25, -0.2) is 18.2 Å². The second-order valence-electron chi connectivity index (χ2n) is 6.81. The summed E-state index contributed by atoms with van der Waals surface area (Å²) in [7, 11) is -4.48. The highest BCUT2D eigenvalue weighted by Gasteiger charge is 2.33. The molecular weight excluding hydrogens is 451 g/mol. The van der Waals surface area contributed by atoms with Gasteiger partial charge < -0.3 is 0 Å². The minimum absolute atomic E-state index is 0.144. The molecule has 0 radical (unpaired) electrons. The van der Waals surface area contributed by atoms with Crippen LogP contribution >= 0.6 is 0 Å². The Morgan fingerprint density at radius 1 is 1.03 bits per heavy atom. The van der Waals surface area contributed by atoms with Crippen molar-refractivity contribution in [2.24, 2.45) is 5.10 Å². The van der Waals surface area contributed by atoms with Crippen molar-refractivity contribution in [1.82, 2.24) is 5.43 Å². The van der Waals surface area contributed by atoms with Crippen LogP contribution in [0.5, 0.6) is 0 Å². The monoisotopic (exact) mass is 470 g/mol. The third-order valence-electron chi connectivity index (χ3n) is 4.57. The molecule has 0 saturated heterocycles. The van der Waals surface area contributed by atoms with Gasteiger partial charge in [-0.3, -0.25) is 19.2 Å². The molecule has 1 amide bonds. The predicted octanol–water partition coefficient (Wildman–Crippen LogP) is 3.47. The Balaban J connectivity index is 1.91. The van der Waals surface area contributed by atoms with Gasteiger partial charge in [0.2, 0.25) is 0 Å². The van der Waals surface area contributed by atoms with E-state index in [0.29, 0.717) is 11.3 Å². The Kier molecular flexibility index (Phi) is 7.13. The third-order valence-corrected chi connectivity index (χ3v) is 6.39. The second kappa shape index (κ2) is 10.0. The number of amides is 1. The molecule has 0 heterocycles. The van der Waals surface area contributed by atoms with Gasteiger partial charge in [-0.05, 0) is 42.8 Å². The number of carbonyl (C=O) groups is 1. The van der Waals surface area contributed by atoms with Crippen LogP contribution in [0.25, 0.3) is 0 Å². The third kappa shape index (κ3) is 5.57. The van der Waals surface area contributed by atoms with Crippen LogP contribution in [0.1, 0.15) is 12.5 Å². The summed E-state index contributed by atoms with van der Waals surface area (Å²) in [6.45, 7) is 0.908. The molecule has 0 spiro atoms. The molecule has 0 fully saturated rings. The molecule has 1 N–H and O–H groups in total. The van der Waals surface area contributed by atoms with Gasteiger partial charge in [0.1, 0.15) is 12.4 Å². The number of rotatable bonds is 8. The van der Waals surface area contributed by atoms with E-state index >= 15 is 0 Å². The fourth-order valence-electron chi connectivity index (χ4n) is 2.92. The fourth-order valence-corrected chi connectivity index (χ4v) is 4.50. The van der Waals surface area contributed by atoms with Gasteiger partial charge in [-0.1, -0.05) is 42.5 Å². The lowest BCUT2D eigenvalue weighted by Gasteiger charge is -2.23. The molecular formula is C22H19FN4O5S. The molecule has 0 aliphatic rings. The summed E-state index contributed by atoms with van der Waals surface area (Å²) in [6.07, 6.45) is 0. The fraction of sp³-hybridized carbons (Fsp3) is 0.0909. The molecule has 0 aliphatic carbocycles. The highest BCUT2D eigenvalue weighted by molar-refractivity contribution is 7.93. The molecule has 0 atom stereocenters. The van der Waals surface area contributed by atoms with Crippen LogP contribution in [0, 0.1) is 15.9 Å². The van der Waals surface area contributed by atoms with Crippen molar-refractivity contribution in [2.75, 3.05) is 10.8 Å². The van der Waals surface area contributed by atoms with E-state index in [4.69, 9.17) is 0 Å². The first-order chi connectivity index (χ1) is 15.7. The Labute approximate surface area is 189 Å². The van der Waals surface area contributed by atoms with E-state index in [0.717, 1.165) is 16.4 Å². The Morgan fingerprint density at radius 3 is 2.27 bits per heavy atom. The summed E-state index contributed by atoms with van der Waals surface area (Å²) in [4.78, 5) is 22.6. The first-order valence-electron chi connectivity index (χ1n) is 9.60. The molecule has 0 aromatic heterocycles.